The van der Waals surface area contributed by atoms with E-state index in [4.69, 9.17) is 0 Å². The van der Waals surface area contributed by atoms with Crippen LogP contribution in [-0.4, -0.2) is 11.1 Å². The van der Waals surface area contributed by atoms with E-state index in [0.717, 1.165) is 0 Å². The summed E-state index contributed by atoms with van der Waals surface area (Å²) in [4.78, 5) is 11.5. The van der Waals surface area contributed by atoms with Gasteiger partial charge in [-0.15, -0.1) is 0 Å². The molecule has 0 unspecified atom stereocenters. The summed E-state index contributed by atoms with van der Waals surface area (Å²) in [6.07, 6.45) is 0. The van der Waals surface area contributed by atoms with Crippen LogP contribution in [-0.2, 0) is 4.79 Å². The van der Waals surface area contributed by atoms with E-state index in [1.54, 1.807) is 0 Å². The lowest BCUT2D eigenvalue weighted by molar-refractivity contribution is -0.142. The molecule has 0 aromatic heterocycles. The van der Waals surface area contributed by atoms with Crippen molar-refractivity contribution in [2.45, 2.75) is 48.5 Å². The molecular weight excluding hydrogens is 200 g/mol. The van der Waals surface area contributed by atoms with E-state index in [2.05, 4.69) is 11.8 Å². The zero-order valence-electron chi connectivity index (χ0n) is 11.4. The van der Waals surface area contributed by atoms with E-state index in [1.165, 1.54) is 0 Å². The van der Waals surface area contributed by atoms with Crippen LogP contribution in [0.5, 0.6) is 0 Å². The maximum absolute atomic E-state index is 11.5. The fourth-order valence-electron chi connectivity index (χ4n) is 2.49. The molecule has 2 nitrogen and oxygen atoms in total. The molecule has 0 radical (unpaired) electrons. The van der Waals surface area contributed by atoms with Gasteiger partial charge < -0.3 is 5.11 Å². The van der Waals surface area contributed by atoms with E-state index >= 15 is 0 Å². The molecular formula is C14H22O2. The lowest BCUT2D eigenvalue weighted by Gasteiger charge is -2.12. The van der Waals surface area contributed by atoms with Crippen LogP contribution in [0.2, 0.25) is 0 Å². The minimum atomic E-state index is -0.896. The van der Waals surface area contributed by atoms with Gasteiger partial charge in [-0.2, -0.15) is 0 Å². The van der Waals surface area contributed by atoms with Crippen molar-refractivity contribution in [3.05, 3.63) is 0 Å². The van der Waals surface area contributed by atoms with Gasteiger partial charge in [0.25, 0.3) is 0 Å². The van der Waals surface area contributed by atoms with Crippen LogP contribution < -0.4 is 0 Å². The third kappa shape index (κ3) is 1.38. The minimum Gasteiger partial charge on any atom is -0.480 e. The molecule has 1 fully saturated rings. The van der Waals surface area contributed by atoms with Crippen molar-refractivity contribution in [2.24, 2.45) is 21.7 Å². The smallest absolute Gasteiger partial charge is 0.322 e. The molecule has 1 N–H and O–H groups in total. The largest absolute Gasteiger partial charge is 0.480 e. The highest BCUT2D eigenvalue weighted by Crippen LogP contribution is 2.77. The highest BCUT2D eigenvalue weighted by atomic mass is 16.4. The third-order valence-corrected chi connectivity index (χ3v) is 4.32. The Morgan fingerprint density at radius 3 is 1.62 bits per heavy atom. The Morgan fingerprint density at radius 1 is 1.06 bits per heavy atom. The predicted molar refractivity (Wildman–Crippen MR) is 64.9 cm³/mol. The Morgan fingerprint density at radius 2 is 1.44 bits per heavy atom. The maximum atomic E-state index is 11.5. The number of aliphatic carboxylic acids is 1. The number of carboxylic acid groups (broad SMARTS) is 1. The first-order valence-electron chi connectivity index (χ1n) is 5.68. The molecule has 0 atom stereocenters. The Labute approximate surface area is 98.4 Å². The lowest BCUT2D eigenvalue weighted by Crippen LogP contribution is -2.21. The second-order valence-corrected chi connectivity index (χ2v) is 6.81. The fraction of sp³-hybridized carbons (Fsp3) is 0.786. The van der Waals surface area contributed by atoms with Gasteiger partial charge >= 0.3 is 5.97 Å². The molecule has 0 bridgehead atoms. The first-order chi connectivity index (χ1) is 6.90. The summed E-state index contributed by atoms with van der Waals surface area (Å²) >= 11 is 0. The molecule has 0 spiro atoms. The van der Waals surface area contributed by atoms with Crippen LogP contribution in [0.4, 0.5) is 0 Å². The van der Waals surface area contributed by atoms with E-state index in [1.807, 2.05) is 48.5 Å². The third-order valence-electron chi connectivity index (χ3n) is 4.32. The van der Waals surface area contributed by atoms with Crippen LogP contribution in [0.1, 0.15) is 48.5 Å². The number of carboxylic acids is 1. The first kappa shape index (κ1) is 13.1. The van der Waals surface area contributed by atoms with Gasteiger partial charge in [0.15, 0.2) is 0 Å². The number of hydrogen-bond acceptors (Lipinski definition) is 1. The maximum Gasteiger partial charge on any atom is 0.322 e. The molecule has 0 aromatic carbocycles. The summed E-state index contributed by atoms with van der Waals surface area (Å²) < 4.78 is 0. The Balaban J connectivity index is 3.25. The standard InChI is InChI=1S/C14H22O2/c1-11(2,3)8-9-14(10(15)16)12(4,5)13(14,6)7/h1-7H3,(H,15,16). The van der Waals surface area contributed by atoms with Gasteiger partial charge in [-0.05, 0) is 31.6 Å². The Hall–Kier alpha value is -0.970. The molecule has 1 aliphatic carbocycles. The molecule has 0 heterocycles. The summed E-state index contributed by atoms with van der Waals surface area (Å²) in [5.41, 5.74) is -1.60. The van der Waals surface area contributed by atoms with Gasteiger partial charge in [0.2, 0.25) is 0 Å². The molecule has 0 amide bonds. The van der Waals surface area contributed by atoms with Crippen molar-refractivity contribution in [1.29, 1.82) is 0 Å². The normalized spacial score (nSPS) is 24.2. The lowest BCUT2D eigenvalue weighted by atomic mass is 9.91. The van der Waals surface area contributed by atoms with Crippen molar-refractivity contribution >= 4 is 5.97 Å². The second-order valence-electron chi connectivity index (χ2n) is 6.81. The molecule has 0 aliphatic heterocycles. The first-order valence-corrected chi connectivity index (χ1v) is 5.68. The molecule has 2 heteroatoms. The van der Waals surface area contributed by atoms with Gasteiger partial charge in [-0.3, -0.25) is 4.79 Å². The summed E-state index contributed by atoms with van der Waals surface area (Å²) in [5, 5.41) is 9.47. The van der Waals surface area contributed by atoms with Crippen molar-refractivity contribution in [3.8, 4) is 11.8 Å². The second kappa shape index (κ2) is 3.03. The minimum absolute atomic E-state index is 0.156. The van der Waals surface area contributed by atoms with Crippen molar-refractivity contribution in [1.82, 2.24) is 0 Å². The fourth-order valence-corrected chi connectivity index (χ4v) is 2.49. The quantitative estimate of drug-likeness (QED) is 0.692. The zero-order chi connectivity index (χ0) is 13.0. The molecule has 0 saturated heterocycles. The summed E-state index contributed by atoms with van der Waals surface area (Å²) in [7, 11) is 0. The predicted octanol–water partition coefficient (Wildman–Crippen LogP) is 3.17. The van der Waals surface area contributed by atoms with Crippen molar-refractivity contribution in [2.75, 3.05) is 0 Å². The molecule has 0 aromatic rings. The van der Waals surface area contributed by atoms with Gasteiger partial charge in [-0.1, -0.05) is 39.5 Å². The van der Waals surface area contributed by atoms with Crippen LogP contribution in [0.15, 0.2) is 0 Å². The summed E-state index contributed by atoms with van der Waals surface area (Å²) in [5.74, 6) is 5.33. The molecule has 90 valence electrons. The van der Waals surface area contributed by atoms with Gasteiger partial charge in [-0.25, -0.2) is 0 Å². The van der Waals surface area contributed by atoms with Gasteiger partial charge in [0.1, 0.15) is 5.41 Å². The average Bonchev–Trinajstić information content (AvgIpc) is 2.34. The molecule has 1 saturated carbocycles. The summed E-state index contributed by atoms with van der Waals surface area (Å²) in [6.45, 7) is 13.9. The van der Waals surface area contributed by atoms with Gasteiger partial charge in [0, 0.05) is 5.41 Å². The topological polar surface area (TPSA) is 37.3 Å². The van der Waals surface area contributed by atoms with Crippen LogP contribution in [0.3, 0.4) is 0 Å². The van der Waals surface area contributed by atoms with Crippen molar-refractivity contribution in [3.63, 3.8) is 0 Å². The number of rotatable bonds is 1. The molecule has 16 heavy (non-hydrogen) atoms. The van der Waals surface area contributed by atoms with Gasteiger partial charge in [0.05, 0.1) is 0 Å². The Bertz CT molecular complexity index is 369. The SMILES string of the molecule is CC(C)(C)C#CC1(C(=O)O)C(C)(C)C1(C)C. The molecule has 1 rings (SSSR count). The van der Waals surface area contributed by atoms with Crippen LogP contribution in [0, 0.1) is 33.5 Å². The van der Waals surface area contributed by atoms with Crippen LogP contribution >= 0.6 is 0 Å². The molecule has 1 aliphatic rings. The monoisotopic (exact) mass is 222 g/mol. The van der Waals surface area contributed by atoms with E-state index in [9.17, 15) is 9.90 Å². The van der Waals surface area contributed by atoms with E-state index in [0.29, 0.717) is 0 Å². The Kier molecular flexibility index (Phi) is 2.48. The number of hydrogen-bond donors (Lipinski definition) is 1. The zero-order valence-corrected chi connectivity index (χ0v) is 11.4. The van der Waals surface area contributed by atoms with Crippen LogP contribution in [0.25, 0.3) is 0 Å². The number of carbonyl (C=O) groups is 1. The summed E-state index contributed by atoms with van der Waals surface area (Å²) in [6, 6.07) is 0. The van der Waals surface area contributed by atoms with Crippen molar-refractivity contribution < 1.29 is 9.90 Å². The highest BCUT2D eigenvalue weighted by molar-refractivity contribution is 5.86. The highest BCUT2D eigenvalue weighted by Gasteiger charge is 2.81. The van der Waals surface area contributed by atoms with E-state index in [-0.39, 0.29) is 16.2 Å². The van der Waals surface area contributed by atoms with E-state index < -0.39 is 11.4 Å². The average molecular weight is 222 g/mol.